The van der Waals surface area contributed by atoms with Crippen LogP contribution < -0.4 is 25.1 Å². The molecule has 1 aliphatic rings. The van der Waals surface area contributed by atoms with Crippen LogP contribution in [0.4, 0.5) is 5.69 Å². The van der Waals surface area contributed by atoms with Crippen LogP contribution in [0.1, 0.15) is 49.4 Å². The summed E-state index contributed by atoms with van der Waals surface area (Å²) in [5, 5.41) is 7.91. The second kappa shape index (κ2) is 12.5. The van der Waals surface area contributed by atoms with E-state index >= 15 is 0 Å². The van der Waals surface area contributed by atoms with E-state index < -0.39 is 0 Å². The molecule has 3 aromatic carbocycles. The maximum atomic E-state index is 13.5. The molecule has 9 nitrogen and oxygen atoms in total. The van der Waals surface area contributed by atoms with Gasteiger partial charge in [-0.3, -0.25) is 9.59 Å². The first-order valence-corrected chi connectivity index (χ1v) is 13.4. The summed E-state index contributed by atoms with van der Waals surface area (Å²) in [7, 11) is 3.01. The number of anilines is 1. The minimum Gasteiger partial charge on any atom is -0.493 e. The van der Waals surface area contributed by atoms with Gasteiger partial charge in [-0.2, -0.15) is 9.78 Å². The number of carbonyl (C=O) groups excluding carboxylic acids is 1. The van der Waals surface area contributed by atoms with Gasteiger partial charge < -0.3 is 19.5 Å². The molecule has 1 amide bonds. The number of nitrogens with zero attached hydrogens (tertiary/aromatic N) is 3. The van der Waals surface area contributed by atoms with E-state index in [9.17, 15) is 9.59 Å². The molecule has 9 heteroatoms. The molecule has 0 radical (unpaired) electrons. The number of fused-ring (bicyclic) bond motifs is 1. The topological polar surface area (TPSA) is 104 Å². The molecular weight excluding hydrogens is 508 g/mol. The highest BCUT2D eigenvalue weighted by Crippen LogP contribution is 2.38. The van der Waals surface area contributed by atoms with Crippen molar-refractivity contribution in [3.8, 4) is 17.2 Å². The van der Waals surface area contributed by atoms with Gasteiger partial charge in [-0.15, -0.1) is 0 Å². The van der Waals surface area contributed by atoms with Crippen LogP contribution in [0.25, 0.3) is 10.9 Å². The normalized spacial score (nSPS) is 13.8. The molecule has 1 heterocycles. The highest BCUT2D eigenvalue weighted by molar-refractivity contribution is 5.92. The minimum absolute atomic E-state index is 0.171. The van der Waals surface area contributed by atoms with Crippen molar-refractivity contribution in [1.29, 1.82) is 0 Å². The Morgan fingerprint density at radius 3 is 2.38 bits per heavy atom. The molecule has 0 saturated heterocycles. The maximum Gasteiger partial charge on any atom is 0.282 e. The maximum absolute atomic E-state index is 13.5. The number of carbonyl (C=O) groups is 1. The van der Waals surface area contributed by atoms with Gasteiger partial charge in [0.25, 0.3) is 11.5 Å². The summed E-state index contributed by atoms with van der Waals surface area (Å²) in [6, 6.07) is 19.9. The van der Waals surface area contributed by atoms with Gasteiger partial charge in [0.1, 0.15) is 5.82 Å². The average Bonchev–Trinajstić information content (AvgIpc) is 3.00. The lowest BCUT2D eigenvalue weighted by Crippen LogP contribution is -2.25. The monoisotopic (exact) mass is 540 g/mol. The van der Waals surface area contributed by atoms with Crippen LogP contribution in [0, 0.1) is 0 Å². The Morgan fingerprint density at radius 1 is 1.00 bits per heavy atom. The van der Waals surface area contributed by atoms with Crippen LogP contribution in [0.2, 0.25) is 0 Å². The number of rotatable bonds is 9. The van der Waals surface area contributed by atoms with E-state index in [0.717, 1.165) is 25.7 Å². The Bertz CT molecular complexity index is 1550. The van der Waals surface area contributed by atoms with Crippen molar-refractivity contribution in [2.45, 2.75) is 38.0 Å². The summed E-state index contributed by atoms with van der Waals surface area (Å²) in [5.74, 6) is 1.56. The molecule has 0 aliphatic heterocycles. The third-order valence-electron chi connectivity index (χ3n) is 6.96. The van der Waals surface area contributed by atoms with E-state index in [1.165, 1.54) is 25.3 Å². The van der Waals surface area contributed by atoms with Crippen LogP contribution in [-0.2, 0) is 4.79 Å². The van der Waals surface area contributed by atoms with E-state index in [1.807, 2.05) is 36.4 Å². The number of nitrogens with one attached hydrogen (secondary N) is 1. The Kier molecular flexibility index (Phi) is 8.39. The fourth-order valence-electron chi connectivity index (χ4n) is 4.98. The quantitative estimate of drug-likeness (QED) is 0.287. The number of hydrogen-bond acceptors (Lipinski definition) is 7. The van der Waals surface area contributed by atoms with Crippen molar-refractivity contribution in [2.75, 3.05) is 26.1 Å². The number of hydrogen-bond donors (Lipinski definition) is 1. The molecule has 40 heavy (non-hydrogen) atoms. The molecule has 1 N–H and O–H groups in total. The number of amides is 1. The Labute approximate surface area is 232 Å². The Hall–Kier alpha value is -4.66. The van der Waals surface area contributed by atoms with Crippen LogP contribution in [-0.4, -0.2) is 42.6 Å². The van der Waals surface area contributed by atoms with Gasteiger partial charge in [-0.1, -0.05) is 49.6 Å². The summed E-state index contributed by atoms with van der Waals surface area (Å²) < 4.78 is 18.3. The van der Waals surface area contributed by atoms with Gasteiger partial charge in [0.2, 0.25) is 5.75 Å². The van der Waals surface area contributed by atoms with Crippen LogP contribution in [0.3, 0.4) is 0 Å². The van der Waals surface area contributed by atoms with E-state index in [4.69, 9.17) is 19.2 Å². The first-order valence-electron chi connectivity index (χ1n) is 13.4. The number of benzene rings is 3. The SMILES string of the molecule is COc1cc(C=Nn2c(C3CCCCC3)nc3ccccc3c2=O)cc(OC)c1OCC(=O)Nc1ccccc1. The van der Waals surface area contributed by atoms with Gasteiger partial charge in [-0.25, -0.2) is 4.98 Å². The largest absolute Gasteiger partial charge is 0.493 e. The summed E-state index contributed by atoms with van der Waals surface area (Å²) in [5.41, 5.74) is 1.78. The first kappa shape index (κ1) is 26.9. The number of methoxy groups -OCH3 is 2. The molecule has 4 aromatic rings. The van der Waals surface area contributed by atoms with Gasteiger partial charge in [0.05, 0.1) is 31.3 Å². The van der Waals surface area contributed by atoms with Gasteiger partial charge in [0.15, 0.2) is 18.1 Å². The van der Waals surface area contributed by atoms with Crippen molar-refractivity contribution in [2.24, 2.45) is 5.10 Å². The molecule has 206 valence electrons. The van der Waals surface area contributed by atoms with Crippen molar-refractivity contribution >= 4 is 28.7 Å². The van der Waals surface area contributed by atoms with E-state index in [1.54, 1.807) is 36.5 Å². The summed E-state index contributed by atoms with van der Waals surface area (Å²) in [6.07, 6.45) is 6.95. The number of aromatic nitrogens is 2. The minimum atomic E-state index is -0.320. The fraction of sp³-hybridized carbons (Fsp3) is 0.290. The smallest absolute Gasteiger partial charge is 0.282 e. The van der Waals surface area contributed by atoms with E-state index in [2.05, 4.69) is 10.4 Å². The number of para-hydroxylation sites is 2. The van der Waals surface area contributed by atoms with Crippen LogP contribution in [0.15, 0.2) is 76.6 Å². The molecule has 5 rings (SSSR count). The summed E-state index contributed by atoms with van der Waals surface area (Å²) in [6.45, 7) is -0.238. The molecule has 1 saturated carbocycles. The standard InChI is InChI=1S/C31H32N4O5/c1-38-26-17-21(18-27(39-2)29(26)40-20-28(36)33-23-13-7-4-8-14-23)19-32-35-30(22-11-5-3-6-12-22)34-25-16-10-9-15-24(25)31(35)37/h4,7-10,13-19,22H,3,5-6,11-12,20H2,1-2H3,(H,33,36). The summed E-state index contributed by atoms with van der Waals surface area (Å²) in [4.78, 5) is 30.8. The van der Waals surface area contributed by atoms with Crippen molar-refractivity contribution in [3.05, 3.63) is 88.5 Å². The highest BCUT2D eigenvalue weighted by Gasteiger charge is 2.22. The van der Waals surface area contributed by atoms with Crippen LogP contribution in [0.5, 0.6) is 17.2 Å². The zero-order valence-electron chi connectivity index (χ0n) is 22.6. The lowest BCUT2D eigenvalue weighted by atomic mass is 9.88. The van der Waals surface area contributed by atoms with Crippen molar-refractivity contribution < 1.29 is 19.0 Å². The van der Waals surface area contributed by atoms with Gasteiger partial charge >= 0.3 is 0 Å². The van der Waals surface area contributed by atoms with Crippen LogP contribution >= 0.6 is 0 Å². The molecule has 1 fully saturated rings. The molecule has 0 bridgehead atoms. The predicted molar refractivity (Wildman–Crippen MR) is 155 cm³/mol. The van der Waals surface area contributed by atoms with Gasteiger partial charge in [-0.05, 0) is 49.2 Å². The third-order valence-corrected chi connectivity index (χ3v) is 6.96. The van der Waals surface area contributed by atoms with Crippen molar-refractivity contribution in [3.63, 3.8) is 0 Å². The molecule has 0 atom stereocenters. The Balaban J connectivity index is 1.43. The third kappa shape index (κ3) is 5.98. The second-order valence-corrected chi connectivity index (χ2v) is 9.64. The zero-order chi connectivity index (χ0) is 27.9. The Morgan fingerprint density at radius 2 is 1.68 bits per heavy atom. The van der Waals surface area contributed by atoms with E-state index in [-0.39, 0.29) is 29.7 Å². The average molecular weight is 541 g/mol. The van der Waals surface area contributed by atoms with Gasteiger partial charge in [0, 0.05) is 17.2 Å². The lowest BCUT2D eigenvalue weighted by molar-refractivity contribution is -0.118. The predicted octanol–water partition coefficient (Wildman–Crippen LogP) is 5.36. The number of ether oxygens (including phenoxy) is 3. The first-order chi connectivity index (χ1) is 19.6. The molecule has 1 aromatic heterocycles. The molecule has 0 spiro atoms. The summed E-state index contributed by atoms with van der Waals surface area (Å²) >= 11 is 0. The van der Waals surface area contributed by atoms with Crippen molar-refractivity contribution in [1.82, 2.24) is 9.66 Å². The zero-order valence-corrected chi connectivity index (χ0v) is 22.6. The lowest BCUT2D eigenvalue weighted by Gasteiger charge is -2.22. The fourth-order valence-corrected chi connectivity index (χ4v) is 4.98. The second-order valence-electron chi connectivity index (χ2n) is 9.64. The molecular formula is C31H32N4O5. The van der Waals surface area contributed by atoms with E-state index in [0.29, 0.717) is 39.5 Å². The molecule has 0 unspecified atom stereocenters. The highest BCUT2D eigenvalue weighted by atomic mass is 16.5. The molecule has 1 aliphatic carbocycles.